The average Bonchev–Trinajstić information content (AvgIpc) is 3.29. The van der Waals surface area contributed by atoms with E-state index in [1.165, 1.54) is 6.34 Å². The van der Waals surface area contributed by atoms with Gasteiger partial charge in [0.2, 0.25) is 5.91 Å². The molecule has 1 amide bonds. The lowest BCUT2D eigenvalue weighted by atomic mass is 9.71. The molecule has 3 heterocycles. The van der Waals surface area contributed by atoms with E-state index in [4.69, 9.17) is 10.5 Å². The van der Waals surface area contributed by atoms with Gasteiger partial charge in [-0.25, -0.2) is 14.8 Å². The average molecular weight is 442 g/mol. The molecule has 1 aromatic heterocycles. The van der Waals surface area contributed by atoms with Crippen molar-refractivity contribution in [2.45, 2.75) is 51.1 Å². The third-order valence-electron chi connectivity index (χ3n) is 7.43. The molecule has 1 saturated carbocycles. The molecule has 3 aliphatic rings. The summed E-state index contributed by atoms with van der Waals surface area (Å²) < 4.78 is 5.11. The fourth-order valence-corrected chi connectivity index (χ4v) is 5.32. The number of hydrogen-bond donors (Lipinski definition) is 2. The summed E-state index contributed by atoms with van der Waals surface area (Å²) in [5.74, 6) is 0.330. The van der Waals surface area contributed by atoms with Crippen LogP contribution in [0, 0.1) is 5.41 Å². The van der Waals surface area contributed by atoms with Gasteiger partial charge >= 0.3 is 5.97 Å². The number of nitrogens with zero attached hydrogens (tertiary/aromatic N) is 4. The molecule has 1 aromatic rings. The van der Waals surface area contributed by atoms with Gasteiger partial charge in [0.25, 0.3) is 0 Å². The van der Waals surface area contributed by atoms with Crippen LogP contribution in [0.4, 0.5) is 5.82 Å². The lowest BCUT2D eigenvalue weighted by molar-refractivity contribution is -0.138. The summed E-state index contributed by atoms with van der Waals surface area (Å²) in [6, 6.07) is 3.78. The number of likely N-dealkylation sites (tertiary alicyclic amines) is 1. The van der Waals surface area contributed by atoms with Crippen molar-refractivity contribution in [2.24, 2.45) is 16.1 Å². The Hall–Kier alpha value is -2.78. The van der Waals surface area contributed by atoms with E-state index in [2.05, 4.69) is 14.9 Å². The zero-order valence-corrected chi connectivity index (χ0v) is 18.7. The smallest absolute Gasteiger partial charge is 0.336 e. The van der Waals surface area contributed by atoms with Crippen molar-refractivity contribution in [2.75, 3.05) is 26.8 Å². The number of aliphatic imine (C=N–C) groups is 1. The Morgan fingerprint density at radius 1 is 1.38 bits per heavy atom. The van der Waals surface area contributed by atoms with Gasteiger partial charge in [-0.15, -0.1) is 0 Å². The van der Waals surface area contributed by atoms with Gasteiger partial charge in [-0.3, -0.25) is 9.69 Å². The number of aliphatic hydroxyl groups is 1. The number of carbonyl (C=O) groups excluding carboxylic acids is 2. The quantitative estimate of drug-likeness (QED) is 0.391. The molecule has 1 saturated heterocycles. The number of amides is 1. The number of aliphatic hydroxyl groups excluding tert-OH is 1. The fourth-order valence-electron chi connectivity index (χ4n) is 5.32. The van der Waals surface area contributed by atoms with Crippen LogP contribution in [0.2, 0.25) is 0 Å². The van der Waals surface area contributed by atoms with Crippen LogP contribution < -0.4 is 5.73 Å². The number of hydrogen-bond acceptors (Lipinski definition) is 7. The Morgan fingerprint density at radius 3 is 2.69 bits per heavy atom. The van der Waals surface area contributed by atoms with Crippen LogP contribution in [0.3, 0.4) is 0 Å². The second-order valence-electron chi connectivity index (χ2n) is 8.96. The maximum atomic E-state index is 13.3. The van der Waals surface area contributed by atoms with Gasteiger partial charge in [0.05, 0.1) is 35.7 Å². The molecular formula is C23H31N5O4. The molecule has 0 bridgehead atoms. The summed E-state index contributed by atoms with van der Waals surface area (Å²) in [6.07, 6.45) is 7.10. The molecule has 172 valence electrons. The van der Waals surface area contributed by atoms with Crippen molar-refractivity contribution in [1.82, 2.24) is 14.8 Å². The van der Waals surface area contributed by atoms with Crippen LogP contribution in [0.15, 0.2) is 34.6 Å². The molecule has 9 nitrogen and oxygen atoms in total. The number of likely N-dealkylation sites (N-methyl/N-ethyl adjacent to an activating group) is 1. The van der Waals surface area contributed by atoms with Crippen molar-refractivity contribution < 1.29 is 19.4 Å². The van der Waals surface area contributed by atoms with Gasteiger partial charge in [-0.1, -0.05) is 6.07 Å². The predicted molar refractivity (Wildman–Crippen MR) is 119 cm³/mol. The summed E-state index contributed by atoms with van der Waals surface area (Å²) in [7, 11) is 2.02. The van der Waals surface area contributed by atoms with E-state index in [1.807, 2.05) is 13.1 Å². The third kappa shape index (κ3) is 3.91. The van der Waals surface area contributed by atoms with Gasteiger partial charge in [0.1, 0.15) is 6.61 Å². The van der Waals surface area contributed by atoms with Crippen LogP contribution in [0.25, 0.3) is 0 Å². The molecule has 1 aliphatic carbocycles. The van der Waals surface area contributed by atoms with Crippen LogP contribution in [0.1, 0.15) is 50.6 Å². The van der Waals surface area contributed by atoms with E-state index in [9.17, 15) is 14.7 Å². The molecule has 1 spiro atoms. The molecule has 4 rings (SSSR count). The summed E-state index contributed by atoms with van der Waals surface area (Å²) in [5, 5.41) is 10.1. The standard InChI is InChI=1S/C23H31N5O4/c1-15-19(13-32-21(15)30)28-10-9-23(22(28)31)7-5-17(6-8-23)27(2)18(12-29)16-3-4-20(25-11-16)26-14-24/h3-4,11,14,17-18,29H,5-10,12-13H2,1-2H3,(H2,24,25,26)/t17?,18-,23?/m0/s1. The number of cyclic esters (lactones) is 1. The van der Waals surface area contributed by atoms with Crippen molar-refractivity contribution >= 4 is 24.0 Å². The van der Waals surface area contributed by atoms with Gasteiger partial charge < -0.3 is 20.5 Å². The van der Waals surface area contributed by atoms with Gasteiger partial charge in [-0.2, -0.15) is 0 Å². The Bertz CT molecular complexity index is 934. The molecule has 1 atom stereocenters. The molecule has 0 aromatic carbocycles. The largest absolute Gasteiger partial charge is 0.456 e. The first-order chi connectivity index (χ1) is 15.4. The van der Waals surface area contributed by atoms with E-state index in [1.54, 1.807) is 24.1 Å². The Balaban J connectivity index is 1.41. The van der Waals surface area contributed by atoms with E-state index < -0.39 is 0 Å². The first-order valence-electron chi connectivity index (χ1n) is 11.1. The van der Waals surface area contributed by atoms with Gasteiger partial charge in [0, 0.05) is 18.8 Å². The van der Waals surface area contributed by atoms with Crippen LogP contribution in [-0.4, -0.2) is 71.0 Å². The molecule has 0 unspecified atom stereocenters. The number of carbonyl (C=O) groups is 2. The van der Waals surface area contributed by atoms with Crippen molar-refractivity contribution in [3.63, 3.8) is 0 Å². The fraction of sp³-hybridized carbons (Fsp3) is 0.565. The molecule has 2 aliphatic heterocycles. The van der Waals surface area contributed by atoms with Crippen molar-refractivity contribution in [3.8, 4) is 0 Å². The summed E-state index contributed by atoms with van der Waals surface area (Å²) in [4.78, 5) is 37.3. The number of pyridine rings is 1. The summed E-state index contributed by atoms with van der Waals surface area (Å²) in [5.41, 5.74) is 7.16. The Kier molecular flexibility index (Phi) is 6.30. The SMILES string of the molecule is CC1=C(N2CCC3(CCC(N(C)[C@@H](CO)c4ccc(N=CN)nc4)CC3)C2=O)COC1=O. The molecule has 0 radical (unpaired) electrons. The summed E-state index contributed by atoms with van der Waals surface area (Å²) in [6.45, 7) is 2.55. The normalized spacial score (nSPS) is 27.2. The third-order valence-corrected chi connectivity index (χ3v) is 7.43. The minimum Gasteiger partial charge on any atom is -0.456 e. The van der Waals surface area contributed by atoms with E-state index in [0.717, 1.165) is 43.4 Å². The highest BCUT2D eigenvalue weighted by atomic mass is 16.5. The second kappa shape index (κ2) is 8.99. The lowest BCUT2D eigenvalue weighted by Gasteiger charge is -2.42. The molecule has 9 heteroatoms. The number of nitrogens with two attached hydrogens (primary N) is 1. The zero-order chi connectivity index (χ0) is 22.9. The number of aromatic nitrogens is 1. The molecular weight excluding hydrogens is 410 g/mol. The first-order valence-corrected chi connectivity index (χ1v) is 11.1. The van der Waals surface area contributed by atoms with E-state index >= 15 is 0 Å². The first kappa shape index (κ1) is 22.4. The van der Waals surface area contributed by atoms with Crippen LogP contribution in [0.5, 0.6) is 0 Å². The molecule has 3 N–H and O–H groups in total. The van der Waals surface area contributed by atoms with Gasteiger partial charge in [-0.05, 0) is 57.7 Å². The maximum Gasteiger partial charge on any atom is 0.336 e. The highest BCUT2D eigenvalue weighted by Crippen LogP contribution is 2.47. The minimum atomic E-state index is -0.353. The van der Waals surface area contributed by atoms with Gasteiger partial charge in [0.15, 0.2) is 5.82 Å². The second-order valence-corrected chi connectivity index (χ2v) is 8.96. The van der Waals surface area contributed by atoms with Crippen LogP contribution in [-0.2, 0) is 14.3 Å². The maximum absolute atomic E-state index is 13.3. The predicted octanol–water partition coefficient (Wildman–Crippen LogP) is 1.66. The molecule has 32 heavy (non-hydrogen) atoms. The van der Waals surface area contributed by atoms with E-state index in [0.29, 0.717) is 17.9 Å². The van der Waals surface area contributed by atoms with E-state index in [-0.39, 0.29) is 42.6 Å². The monoisotopic (exact) mass is 441 g/mol. The van der Waals surface area contributed by atoms with Crippen molar-refractivity contribution in [1.29, 1.82) is 0 Å². The molecule has 2 fully saturated rings. The number of esters is 1. The number of rotatable bonds is 6. The Labute approximate surface area is 187 Å². The summed E-state index contributed by atoms with van der Waals surface area (Å²) >= 11 is 0. The zero-order valence-electron chi connectivity index (χ0n) is 18.7. The highest BCUT2D eigenvalue weighted by molar-refractivity contribution is 5.94. The van der Waals surface area contributed by atoms with Crippen LogP contribution >= 0.6 is 0 Å². The van der Waals surface area contributed by atoms with Crippen molar-refractivity contribution in [3.05, 3.63) is 35.2 Å². The lowest BCUT2D eigenvalue weighted by Crippen LogP contribution is -2.44. The topological polar surface area (TPSA) is 121 Å². The minimum absolute atomic E-state index is 0.0203. The number of ether oxygens (including phenoxy) is 1. The highest BCUT2D eigenvalue weighted by Gasteiger charge is 2.50. The Morgan fingerprint density at radius 2 is 2.12 bits per heavy atom.